The molecule has 10 nitrogen and oxygen atoms in total. The first-order valence-corrected chi connectivity index (χ1v) is 8.85. The maximum atomic E-state index is 11.6. The van der Waals surface area contributed by atoms with Crippen LogP contribution in [0.2, 0.25) is 0 Å². The van der Waals surface area contributed by atoms with E-state index in [4.69, 9.17) is 9.47 Å². The molecule has 0 atom stereocenters. The molecule has 0 saturated carbocycles. The second-order valence-electron chi connectivity index (χ2n) is 5.82. The van der Waals surface area contributed by atoms with Crippen LogP contribution in [0.1, 0.15) is 12.5 Å². The Labute approximate surface area is 163 Å². The molecule has 152 valence electrons. The molecule has 0 radical (unpaired) electrons. The number of nitrogens with one attached hydrogen (secondary N) is 1. The van der Waals surface area contributed by atoms with Crippen LogP contribution >= 0.6 is 0 Å². The van der Waals surface area contributed by atoms with Crippen molar-refractivity contribution in [2.45, 2.75) is 13.3 Å². The van der Waals surface area contributed by atoms with E-state index in [1.807, 2.05) is 25.1 Å². The van der Waals surface area contributed by atoms with Gasteiger partial charge >= 0.3 is 5.69 Å². The molecular weight excluding hydrogens is 366 g/mol. The number of nitrogens with zero attached hydrogens (tertiary/aromatic N) is 4. The molecule has 0 amide bonds. The zero-order chi connectivity index (χ0) is 20.5. The number of anilines is 2. The smallest absolute Gasteiger partial charge is 0.353 e. The van der Waals surface area contributed by atoms with Crippen molar-refractivity contribution in [3.63, 3.8) is 0 Å². The van der Waals surface area contributed by atoms with Crippen molar-refractivity contribution in [3.8, 4) is 11.5 Å². The van der Waals surface area contributed by atoms with E-state index >= 15 is 0 Å². The number of hydrogen-bond donors (Lipinski definition) is 2. The molecule has 0 aliphatic heterocycles. The summed E-state index contributed by atoms with van der Waals surface area (Å²) in [6.07, 6.45) is 1.88. The van der Waals surface area contributed by atoms with Crippen LogP contribution in [-0.2, 0) is 6.42 Å². The van der Waals surface area contributed by atoms with Crippen molar-refractivity contribution in [2.24, 2.45) is 0 Å². The Morgan fingerprint density at radius 1 is 1.25 bits per heavy atom. The molecule has 2 rings (SSSR count). The first-order chi connectivity index (χ1) is 13.5. The van der Waals surface area contributed by atoms with Crippen molar-refractivity contribution in [2.75, 3.05) is 50.7 Å². The fourth-order valence-electron chi connectivity index (χ4n) is 2.79. The minimum Gasteiger partial charge on any atom is -0.493 e. The number of benzene rings is 1. The Morgan fingerprint density at radius 2 is 2.00 bits per heavy atom. The molecule has 1 aromatic carbocycles. The molecule has 0 unspecified atom stereocenters. The van der Waals surface area contributed by atoms with Gasteiger partial charge in [-0.15, -0.1) is 0 Å². The van der Waals surface area contributed by atoms with E-state index in [9.17, 15) is 15.2 Å². The molecule has 10 heteroatoms. The third-order valence-corrected chi connectivity index (χ3v) is 4.19. The van der Waals surface area contributed by atoms with E-state index in [-0.39, 0.29) is 30.5 Å². The first kappa shape index (κ1) is 21.2. The summed E-state index contributed by atoms with van der Waals surface area (Å²) in [5.41, 5.74) is 0.780. The summed E-state index contributed by atoms with van der Waals surface area (Å²) in [4.78, 5) is 20.8. The predicted octanol–water partition coefficient (Wildman–Crippen LogP) is 1.88. The molecule has 28 heavy (non-hydrogen) atoms. The van der Waals surface area contributed by atoms with Crippen molar-refractivity contribution < 1.29 is 19.5 Å². The molecule has 2 N–H and O–H groups in total. The molecule has 1 aromatic heterocycles. The van der Waals surface area contributed by atoms with E-state index in [1.165, 1.54) is 6.33 Å². The lowest BCUT2D eigenvalue weighted by Gasteiger charge is -2.20. The van der Waals surface area contributed by atoms with Crippen LogP contribution in [0.5, 0.6) is 11.5 Å². The molecule has 0 bridgehead atoms. The van der Waals surface area contributed by atoms with E-state index in [2.05, 4.69) is 15.3 Å². The monoisotopic (exact) mass is 391 g/mol. The van der Waals surface area contributed by atoms with Gasteiger partial charge in [-0.25, -0.2) is 9.97 Å². The van der Waals surface area contributed by atoms with E-state index in [0.717, 1.165) is 5.56 Å². The fraction of sp³-hybridized carbons (Fsp3) is 0.444. The maximum absolute atomic E-state index is 11.6. The number of nitro groups is 1. The number of methoxy groups -OCH3 is 2. The highest BCUT2D eigenvalue weighted by Gasteiger charge is 2.26. The Morgan fingerprint density at radius 3 is 2.61 bits per heavy atom. The van der Waals surface area contributed by atoms with E-state index < -0.39 is 4.92 Å². The van der Waals surface area contributed by atoms with Crippen LogP contribution in [0.3, 0.4) is 0 Å². The van der Waals surface area contributed by atoms with Gasteiger partial charge in [-0.2, -0.15) is 0 Å². The minimum atomic E-state index is -0.506. The van der Waals surface area contributed by atoms with Gasteiger partial charge in [0.2, 0.25) is 11.6 Å². The van der Waals surface area contributed by atoms with Crippen LogP contribution in [0, 0.1) is 10.1 Å². The van der Waals surface area contributed by atoms with Gasteiger partial charge in [-0.05, 0) is 31.0 Å². The zero-order valence-corrected chi connectivity index (χ0v) is 16.2. The number of aliphatic hydroxyl groups excluding tert-OH is 1. The molecule has 2 aromatic rings. The molecule has 0 aliphatic carbocycles. The number of aliphatic hydroxyl groups is 1. The highest BCUT2D eigenvalue weighted by Crippen LogP contribution is 2.32. The van der Waals surface area contributed by atoms with Gasteiger partial charge in [-0.1, -0.05) is 6.07 Å². The third-order valence-electron chi connectivity index (χ3n) is 4.19. The molecule has 0 fully saturated rings. The second kappa shape index (κ2) is 10.3. The Balaban J connectivity index is 2.17. The van der Waals surface area contributed by atoms with Gasteiger partial charge in [0, 0.05) is 19.6 Å². The summed E-state index contributed by atoms with van der Waals surface area (Å²) in [7, 11) is 3.14. The normalized spacial score (nSPS) is 10.4. The summed E-state index contributed by atoms with van der Waals surface area (Å²) in [6.45, 7) is 2.87. The van der Waals surface area contributed by atoms with Gasteiger partial charge in [-0.3, -0.25) is 10.1 Å². The average molecular weight is 391 g/mol. The van der Waals surface area contributed by atoms with Crippen molar-refractivity contribution in [1.82, 2.24) is 9.97 Å². The summed E-state index contributed by atoms with van der Waals surface area (Å²) in [5, 5.41) is 23.8. The van der Waals surface area contributed by atoms with Crippen molar-refractivity contribution in [3.05, 3.63) is 40.2 Å². The average Bonchev–Trinajstić information content (AvgIpc) is 2.71. The zero-order valence-electron chi connectivity index (χ0n) is 16.2. The van der Waals surface area contributed by atoms with E-state index in [0.29, 0.717) is 31.0 Å². The lowest BCUT2D eigenvalue weighted by Crippen LogP contribution is -2.28. The number of likely N-dealkylation sites (N-methyl/N-ethyl adjacent to an activating group) is 1. The summed E-state index contributed by atoms with van der Waals surface area (Å²) >= 11 is 0. The molecule has 1 heterocycles. The Kier molecular flexibility index (Phi) is 7.76. The number of aromatic nitrogens is 2. The topological polar surface area (TPSA) is 123 Å². The second-order valence-corrected chi connectivity index (χ2v) is 5.82. The lowest BCUT2D eigenvalue weighted by atomic mass is 10.1. The largest absolute Gasteiger partial charge is 0.493 e. The maximum Gasteiger partial charge on any atom is 0.353 e. The highest BCUT2D eigenvalue weighted by molar-refractivity contribution is 5.70. The molecular formula is C18H25N5O5. The number of rotatable bonds is 11. The molecule has 0 aliphatic rings. The van der Waals surface area contributed by atoms with Gasteiger partial charge in [0.25, 0.3) is 0 Å². The SMILES string of the molecule is CCN(CCO)c1ncnc(NCCc2ccc(OC)c(OC)c2)c1[N+](=O)[O-]. The fourth-order valence-corrected chi connectivity index (χ4v) is 2.79. The highest BCUT2D eigenvalue weighted by atomic mass is 16.6. The summed E-state index contributed by atoms with van der Waals surface area (Å²) in [5.74, 6) is 1.59. The summed E-state index contributed by atoms with van der Waals surface area (Å²) < 4.78 is 10.5. The van der Waals surface area contributed by atoms with Gasteiger partial charge in [0.15, 0.2) is 11.5 Å². The van der Waals surface area contributed by atoms with Crippen molar-refractivity contribution in [1.29, 1.82) is 0 Å². The van der Waals surface area contributed by atoms with Crippen LogP contribution in [-0.4, -0.2) is 60.5 Å². The third kappa shape index (κ3) is 4.97. The quantitative estimate of drug-likeness (QED) is 0.436. The Bertz CT molecular complexity index is 802. The summed E-state index contributed by atoms with van der Waals surface area (Å²) in [6, 6.07) is 5.58. The van der Waals surface area contributed by atoms with Crippen molar-refractivity contribution >= 4 is 17.3 Å². The van der Waals surface area contributed by atoms with Gasteiger partial charge in [0.1, 0.15) is 6.33 Å². The number of ether oxygens (including phenoxy) is 2. The Hall–Kier alpha value is -3.14. The first-order valence-electron chi connectivity index (χ1n) is 8.85. The van der Waals surface area contributed by atoms with Gasteiger partial charge < -0.3 is 24.8 Å². The standard InChI is InChI=1S/C18H25N5O5/c1-4-22(9-10-24)18-16(23(25)26)17(20-12-21-18)19-8-7-13-5-6-14(27-2)15(11-13)28-3/h5-6,11-12,24H,4,7-10H2,1-3H3,(H,19,20,21). The predicted molar refractivity (Wildman–Crippen MR) is 105 cm³/mol. The van der Waals surface area contributed by atoms with Crippen LogP contribution < -0.4 is 19.7 Å². The molecule has 0 spiro atoms. The van der Waals surface area contributed by atoms with Gasteiger partial charge in [0.05, 0.1) is 25.7 Å². The molecule has 0 saturated heterocycles. The van der Waals surface area contributed by atoms with E-state index in [1.54, 1.807) is 19.1 Å². The van der Waals surface area contributed by atoms with Crippen LogP contribution in [0.4, 0.5) is 17.3 Å². The van der Waals surface area contributed by atoms with Crippen LogP contribution in [0.15, 0.2) is 24.5 Å². The lowest BCUT2D eigenvalue weighted by molar-refractivity contribution is -0.383. The number of hydrogen-bond acceptors (Lipinski definition) is 9. The minimum absolute atomic E-state index is 0.128. The van der Waals surface area contributed by atoms with Crippen LogP contribution in [0.25, 0.3) is 0 Å².